The Morgan fingerprint density at radius 3 is 3.14 bits per heavy atom. The normalized spacial score (nSPS) is 13.9. The predicted octanol–water partition coefficient (Wildman–Crippen LogP) is 1.20. The van der Waals surface area contributed by atoms with Gasteiger partial charge in [-0.25, -0.2) is 9.78 Å². The van der Waals surface area contributed by atoms with Crippen molar-refractivity contribution in [3.8, 4) is 5.75 Å². The number of urea groups is 1. The first-order valence-electron chi connectivity index (χ1n) is 3.85. The van der Waals surface area contributed by atoms with Crippen molar-refractivity contribution >= 4 is 23.5 Å². The molecule has 6 heteroatoms. The first kappa shape index (κ1) is 9.14. The fourth-order valence-corrected chi connectivity index (χ4v) is 2.06. The van der Waals surface area contributed by atoms with E-state index in [0.29, 0.717) is 11.4 Å². The van der Waals surface area contributed by atoms with Crippen LogP contribution in [0.4, 0.5) is 10.5 Å². The van der Waals surface area contributed by atoms with Gasteiger partial charge in [-0.1, -0.05) is 11.8 Å². The molecule has 2 heterocycles. The summed E-state index contributed by atoms with van der Waals surface area (Å²) in [6, 6.07) is 1.15. The van der Waals surface area contributed by atoms with Gasteiger partial charge in [0.1, 0.15) is 22.3 Å². The Hall–Kier alpha value is -1.43. The molecule has 1 aromatic heterocycles. The molecular weight excluding hydrogens is 202 g/mol. The number of aromatic nitrogens is 1. The van der Waals surface area contributed by atoms with Crippen LogP contribution in [-0.4, -0.2) is 18.1 Å². The van der Waals surface area contributed by atoms with Gasteiger partial charge in [-0.05, 0) is 0 Å². The van der Waals surface area contributed by atoms with Crippen molar-refractivity contribution in [3.05, 3.63) is 18.1 Å². The number of rotatable bonds is 1. The number of hydrogen-bond donors (Lipinski definition) is 1. The van der Waals surface area contributed by atoms with Crippen molar-refractivity contribution in [2.45, 2.75) is 5.03 Å². The highest BCUT2D eigenvalue weighted by molar-refractivity contribution is 8.01. The van der Waals surface area contributed by atoms with E-state index >= 15 is 0 Å². The zero-order valence-electron chi connectivity index (χ0n) is 7.43. The van der Waals surface area contributed by atoms with E-state index < -0.39 is 6.03 Å². The summed E-state index contributed by atoms with van der Waals surface area (Å²) in [5.74, 6) is 2.21. The molecular formula is C8H8N3O2S. The highest BCUT2D eigenvalue weighted by atomic mass is 32.2. The van der Waals surface area contributed by atoms with Gasteiger partial charge in [0.25, 0.3) is 0 Å². The molecule has 0 saturated heterocycles. The second-order valence-electron chi connectivity index (χ2n) is 2.60. The first-order valence-corrected chi connectivity index (χ1v) is 4.73. The van der Waals surface area contributed by atoms with Gasteiger partial charge < -0.3 is 10.5 Å². The lowest BCUT2D eigenvalue weighted by atomic mass is 10.3. The number of thioether (sulfide) groups is 1. The summed E-state index contributed by atoms with van der Waals surface area (Å²) in [7, 11) is 1.54. The summed E-state index contributed by atoms with van der Waals surface area (Å²) >= 11 is 1.34. The molecule has 0 aromatic carbocycles. The quantitative estimate of drug-likeness (QED) is 0.756. The van der Waals surface area contributed by atoms with Gasteiger partial charge in [0, 0.05) is 12.3 Å². The summed E-state index contributed by atoms with van der Waals surface area (Å²) in [5, 5.41) is 0.725. The van der Waals surface area contributed by atoms with Crippen molar-refractivity contribution in [1.29, 1.82) is 0 Å². The van der Waals surface area contributed by atoms with Crippen LogP contribution in [0.1, 0.15) is 0 Å². The summed E-state index contributed by atoms with van der Waals surface area (Å²) < 4.78 is 5.11. The third kappa shape index (κ3) is 1.27. The number of nitrogens with two attached hydrogens (primary N) is 1. The number of ether oxygens (including phenoxy) is 1. The van der Waals surface area contributed by atoms with Crippen LogP contribution >= 0.6 is 11.8 Å². The lowest BCUT2D eigenvalue weighted by Crippen LogP contribution is -2.31. The molecule has 5 nitrogen and oxygen atoms in total. The van der Waals surface area contributed by atoms with Crippen LogP contribution in [-0.2, 0) is 0 Å². The SMILES string of the molecule is COc1ccnc2c1N(C(N)=O)[CH]S2. The lowest BCUT2D eigenvalue weighted by Gasteiger charge is -2.14. The molecule has 1 aliphatic rings. The van der Waals surface area contributed by atoms with Crippen LogP contribution in [0.25, 0.3) is 0 Å². The van der Waals surface area contributed by atoms with Gasteiger partial charge in [-0.15, -0.1) is 0 Å². The van der Waals surface area contributed by atoms with Crippen LogP contribution in [0.15, 0.2) is 17.3 Å². The largest absolute Gasteiger partial charge is 0.494 e. The number of methoxy groups -OCH3 is 1. The van der Waals surface area contributed by atoms with Gasteiger partial charge in [0.05, 0.1) is 7.11 Å². The monoisotopic (exact) mass is 210 g/mol. The Kier molecular flexibility index (Phi) is 2.20. The van der Waals surface area contributed by atoms with Gasteiger partial charge >= 0.3 is 6.03 Å². The summed E-state index contributed by atoms with van der Waals surface area (Å²) in [6.45, 7) is 0. The van der Waals surface area contributed by atoms with Crippen molar-refractivity contribution in [3.63, 3.8) is 0 Å². The maximum Gasteiger partial charge on any atom is 0.320 e. The second kappa shape index (κ2) is 3.38. The van der Waals surface area contributed by atoms with E-state index in [0.717, 1.165) is 5.03 Å². The molecule has 0 fully saturated rings. The molecule has 2 rings (SSSR count). The molecule has 1 aromatic rings. The van der Waals surface area contributed by atoms with Gasteiger partial charge in [-0.2, -0.15) is 0 Å². The number of nitrogens with zero attached hydrogens (tertiary/aromatic N) is 2. The summed E-state index contributed by atoms with van der Waals surface area (Å²) in [4.78, 5) is 16.5. The Morgan fingerprint density at radius 2 is 2.50 bits per heavy atom. The fourth-order valence-electron chi connectivity index (χ4n) is 1.21. The Morgan fingerprint density at radius 1 is 1.71 bits per heavy atom. The van der Waals surface area contributed by atoms with E-state index in [1.807, 2.05) is 0 Å². The van der Waals surface area contributed by atoms with Crippen molar-refractivity contribution in [2.24, 2.45) is 5.73 Å². The number of anilines is 1. The highest BCUT2D eigenvalue weighted by Crippen LogP contribution is 2.44. The van der Waals surface area contributed by atoms with Gasteiger partial charge in [-0.3, -0.25) is 4.90 Å². The topological polar surface area (TPSA) is 68.4 Å². The molecule has 0 bridgehead atoms. The zero-order valence-corrected chi connectivity index (χ0v) is 8.25. The molecule has 0 aliphatic carbocycles. The summed E-state index contributed by atoms with van der Waals surface area (Å²) in [5.41, 5.74) is 5.81. The smallest absolute Gasteiger partial charge is 0.320 e. The number of carbonyl (C=O) groups excluding carboxylic acids is 1. The lowest BCUT2D eigenvalue weighted by molar-refractivity contribution is 0.255. The molecule has 14 heavy (non-hydrogen) atoms. The number of carbonyl (C=O) groups is 1. The molecule has 2 amide bonds. The second-order valence-corrected chi connectivity index (χ2v) is 3.43. The molecule has 0 atom stereocenters. The fraction of sp³-hybridized carbons (Fsp3) is 0.125. The Balaban J connectivity index is 2.50. The van der Waals surface area contributed by atoms with E-state index in [2.05, 4.69) is 4.98 Å². The van der Waals surface area contributed by atoms with Crippen LogP contribution in [0.2, 0.25) is 0 Å². The zero-order chi connectivity index (χ0) is 10.1. The molecule has 1 radical (unpaired) electrons. The summed E-state index contributed by atoms with van der Waals surface area (Å²) in [6.07, 6.45) is 1.63. The number of amides is 2. The van der Waals surface area contributed by atoms with E-state index in [-0.39, 0.29) is 0 Å². The molecule has 73 valence electrons. The first-order chi connectivity index (χ1) is 6.74. The van der Waals surface area contributed by atoms with Gasteiger partial charge in [0.15, 0.2) is 0 Å². The van der Waals surface area contributed by atoms with Crippen LogP contribution in [0, 0.1) is 5.88 Å². The van der Waals surface area contributed by atoms with Crippen LogP contribution in [0.5, 0.6) is 5.75 Å². The number of primary amides is 1. The van der Waals surface area contributed by atoms with E-state index in [4.69, 9.17) is 10.5 Å². The average molecular weight is 210 g/mol. The Labute approximate surface area is 85.2 Å². The van der Waals surface area contributed by atoms with Crippen molar-refractivity contribution in [1.82, 2.24) is 4.98 Å². The average Bonchev–Trinajstić information content (AvgIpc) is 2.60. The van der Waals surface area contributed by atoms with E-state index in [1.165, 1.54) is 23.8 Å². The Bertz CT molecular complexity index is 383. The third-order valence-corrected chi connectivity index (χ3v) is 2.66. The van der Waals surface area contributed by atoms with Crippen LogP contribution in [0.3, 0.4) is 0 Å². The highest BCUT2D eigenvalue weighted by Gasteiger charge is 2.28. The number of fused-ring (bicyclic) bond motifs is 1. The maximum atomic E-state index is 11.1. The standard InChI is InChI=1S/C8H8N3O2S/c1-13-5-2-3-10-7-6(5)11(4-14-7)8(9)12/h2-4H,1H3,(H2,9,12). The van der Waals surface area contributed by atoms with Gasteiger partial charge in [0.2, 0.25) is 0 Å². The van der Waals surface area contributed by atoms with E-state index in [9.17, 15) is 4.79 Å². The van der Waals surface area contributed by atoms with E-state index in [1.54, 1.807) is 18.1 Å². The number of hydrogen-bond acceptors (Lipinski definition) is 4. The maximum absolute atomic E-state index is 11.1. The molecule has 2 N–H and O–H groups in total. The minimum atomic E-state index is -0.539. The molecule has 1 aliphatic heterocycles. The predicted molar refractivity (Wildman–Crippen MR) is 53.0 cm³/mol. The van der Waals surface area contributed by atoms with Crippen molar-refractivity contribution < 1.29 is 9.53 Å². The van der Waals surface area contributed by atoms with Crippen molar-refractivity contribution in [2.75, 3.05) is 12.0 Å². The molecule has 0 spiro atoms. The third-order valence-electron chi connectivity index (χ3n) is 1.82. The minimum absolute atomic E-state index is 0.539. The minimum Gasteiger partial charge on any atom is -0.494 e. The molecule has 0 saturated carbocycles. The molecule has 0 unspecified atom stereocenters. The van der Waals surface area contributed by atoms with Crippen LogP contribution < -0.4 is 15.4 Å². The number of pyridine rings is 1.